The largest absolute Gasteiger partial charge is 0.346 e. The zero-order valence-electron chi connectivity index (χ0n) is 36.3. The second-order valence-corrected chi connectivity index (χ2v) is 15.7. The van der Waals surface area contributed by atoms with Gasteiger partial charge in [-0.05, 0) is 104 Å². The molecule has 0 saturated heterocycles. The van der Waals surface area contributed by atoms with Gasteiger partial charge in [0.15, 0.2) is 0 Å². The van der Waals surface area contributed by atoms with Crippen molar-refractivity contribution in [2.75, 3.05) is 46.9 Å². The maximum absolute atomic E-state index is 10.7. The van der Waals surface area contributed by atoms with Gasteiger partial charge in [-0.1, -0.05) is 166 Å². The van der Waals surface area contributed by atoms with Gasteiger partial charge < -0.3 is 19.5 Å². The van der Waals surface area contributed by atoms with E-state index in [2.05, 4.69) is 93.3 Å². The van der Waals surface area contributed by atoms with Gasteiger partial charge in [-0.15, -0.1) is 0 Å². The van der Waals surface area contributed by atoms with Gasteiger partial charge in [0, 0.05) is 19.6 Å². The van der Waals surface area contributed by atoms with Crippen molar-refractivity contribution in [1.82, 2.24) is 9.80 Å². The van der Waals surface area contributed by atoms with Crippen LogP contribution in [0.25, 0.3) is 0 Å². The van der Waals surface area contributed by atoms with E-state index in [1.165, 1.54) is 154 Å². The van der Waals surface area contributed by atoms with E-state index in [0.29, 0.717) is 6.61 Å². The standard InChI is InChI=1S/C48H92N2O3/c1-6-9-12-14-16-18-20-22-24-26-28-30-32-34-36-38-40-47(53-48(51)52-46-45-50(42-11-8-3)44-43-49(4)5)41-39-37-35-33-31-29-27-25-23-21-19-17-15-13-10-7-2/h16-19,22-25,47-48,51H,6-15,20-21,26-46H2,1-5H3/b18-16-,19-17-,24-22-,25-23-. The van der Waals surface area contributed by atoms with E-state index in [1.54, 1.807) is 0 Å². The molecule has 1 atom stereocenters. The molecule has 0 aromatic rings. The molecule has 5 nitrogen and oxygen atoms in total. The number of rotatable bonds is 42. The highest BCUT2D eigenvalue weighted by molar-refractivity contribution is 4.93. The van der Waals surface area contributed by atoms with Gasteiger partial charge in [-0.3, -0.25) is 4.90 Å². The summed E-state index contributed by atoms with van der Waals surface area (Å²) in [4.78, 5) is 4.67. The zero-order chi connectivity index (χ0) is 38.7. The molecule has 53 heavy (non-hydrogen) atoms. The summed E-state index contributed by atoms with van der Waals surface area (Å²) in [5, 5.41) is 10.7. The summed E-state index contributed by atoms with van der Waals surface area (Å²) in [5.41, 5.74) is 0. The van der Waals surface area contributed by atoms with Gasteiger partial charge in [0.1, 0.15) is 0 Å². The van der Waals surface area contributed by atoms with Gasteiger partial charge in [0.25, 0.3) is 6.48 Å². The normalized spacial score (nSPS) is 13.2. The molecule has 0 aliphatic rings. The summed E-state index contributed by atoms with van der Waals surface area (Å²) in [6.45, 7) is 10.1. The van der Waals surface area contributed by atoms with Crippen LogP contribution < -0.4 is 0 Å². The van der Waals surface area contributed by atoms with Crippen molar-refractivity contribution in [2.45, 2.75) is 213 Å². The minimum atomic E-state index is -1.13. The summed E-state index contributed by atoms with van der Waals surface area (Å²) in [5.74, 6) is 0. The topological polar surface area (TPSA) is 45.2 Å². The first-order valence-corrected chi connectivity index (χ1v) is 23.0. The van der Waals surface area contributed by atoms with Crippen molar-refractivity contribution >= 4 is 0 Å². The zero-order valence-corrected chi connectivity index (χ0v) is 36.3. The number of likely N-dealkylation sites (N-methyl/N-ethyl adjacent to an activating group) is 1. The molecule has 0 bridgehead atoms. The van der Waals surface area contributed by atoms with E-state index in [1.807, 2.05) is 0 Å². The summed E-state index contributed by atoms with van der Waals surface area (Å²) in [7, 11) is 4.24. The Balaban J connectivity index is 4.39. The molecule has 312 valence electrons. The highest BCUT2D eigenvalue weighted by atomic mass is 16.8. The molecule has 0 amide bonds. The van der Waals surface area contributed by atoms with E-state index in [-0.39, 0.29) is 6.10 Å². The summed E-state index contributed by atoms with van der Waals surface area (Å²) in [6, 6.07) is 0. The highest BCUT2D eigenvalue weighted by Crippen LogP contribution is 2.19. The van der Waals surface area contributed by atoms with Crippen LogP contribution in [0.5, 0.6) is 0 Å². The predicted octanol–water partition coefficient (Wildman–Crippen LogP) is 13.7. The Hall–Kier alpha value is -1.24. The van der Waals surface area contributed by atoms with Crippen LogP contribution in [0.1, 0.15) is 201 Å². The second-order valence-electron chi connectivity index (χ2n) is 15.7. The average molecular weight is 745 g/mol. The van der Waals surface area contributed by atoms with Crippen LogP contribution in [0.4, 0.5) is 0 Å². The Morgan fingerprint density at radius 1 is 0.453 bits per heavy atom. The van der Waals surface area contributed by atoms with Crippen LogP contribution in [0, 0.1) is 0 Å². The monoisotopic (exact) mass is 745 g/mol. The molecule has 1 unspecified atom stereocenters. The number of hydrogen-bond acceptors (Lipinski definition) is 5. The fraction of sp³-hybridized carbons (Fsp3) is 0.833. The summed E-state index contributed by atoms with van der Waals surface area (Å²) >= 11 is 0. The predicted molar refractivity (Wildman–Crippen MR) is 235 cm³/mol. The van der Waals surface area contributed by atoms with Gasteiger partial charge in [0.2, 0.25) is 0 Å². The third-order valence-corrected chi connectivity index (χ3v) is 10.1. The molecule has 0 aromatic carbocycles. The van der Waals surface area contributed by atoms with Gasteiger partial charge in [0.05, 0.1) is 12.7 Å². The molecule has 0 spiro atoms. The molecule has 5 heteroatoms. The quantitative estimate of drug-likeness (QED) is 0.0383. The highest BCUT2D eigenvalue weighted by Gasteiger charge is 2.16. The number of aliphatic hydroxyl groups is 1. The first-order chi connectivity index (χ1) is 26.0. The van der Waals surface area contributed by atoms with E-state index in [9.17, 15) is 5.11 Å². The number of aliphatic hydroxyl groups excluding tert-OH is 1. The van der Waals surface area contributed by atoms with Crippen LogP contribution >= 0.6 is 0 Å². The number of unbranched alkanes of at least 4 members (excludes halogenated alkanes) is 19. The van der Waals surface area contributed by atoms with Crippen molar-refractivity contribution in [3.05, 3.63) is 48.6 Å². The van der Waals surface area contributed by atoms with Gasteiger partial charge in [-0.2, -0.15) is 0 Å². The minimum absolute atomic E-state index is 0.0756. The van der Waals surface area contributed by atoms with E-state index >= 15 is 0 Å². The lowest BCUT2D eigenvalue weighted by Gasteiger charge is -2.25. The number of ether oxygens (including phenoxy) is 2. The molecule has 0 fully saturated rings. The fourth-order valence-electron chi connectivity index (χ4n) is 6.55. The van der Waals surface area contributed by atoms with Crippen LogP contribution in [0.15, 0.2) is 48.6 Å². The third-order valence-electron chi connectivity index (χ3n) is 10.1. The van der Waals surface area contributed by atoms with Gasteiger partial charge >= 0.3 is 0 Å². The van der Waals surface area contributed by atoms with Gasteiger partial charge in [-0.25, -0.2) is 0 Å². The fourth-order valence-corrected chi connectivity index (χ4v) is 6.55. The average Bonchev–Trinajstić information content (AvgIpc) is 3.15. The smallest absolute Gasteiger partial charge is 0.269 e. The molecule has 0 aliphatic heterocycles. The lowest BCUT2D eigenvalue weighted by Crippen LogP contribution is -2.36. The molecule has 0 aliphatic carbocycles. The van der Waals surface area contributed by atoms with E-state index < -0.39 is 6.48 Å². The summed E-state index contributed by atoms with van der Waals surface area (Å²) in [6.07, 6.45) is 53.5. The van der Waals surface area contributed by atoms with Crippen LogP contribution in [0.3, 0.4) is 0 Å². The van der Waals surface area contributed by atoms with Crippen LogP contribution in [-0.2, 0) is 9.47 Å². The molecular weight excluding hydrogens is 653 g/mol. The Labute approximate surface area is 332 Å². The molecule has 1 N–H and O–H groups in total. The van der Waals surface area contributed by atoms with Crippen molar-refractivity contribution < 1.29 is 14.6 Å². The summed E-state index contributed by atoms with van der Waals surface area (Å²) < 4.78 is 12.0. The maximum atomic E-state index is 10.7. The Bertz CT molecular complexity index is 776. The van der Waals surface area contributed by atoms with Crippen LogP contribution in [0.2, 0.25) is 0 Å². The van der Waals surface area contributed by atoms with Crippen molar-refractivity contribution in [2.24, 2.45) is 0 Å². The Morgan fingerprint density at radius 3 is 1.30 bits per heavy atom. The Kier molecular flexibility index (Phi) is 42.5. The lowest BCUT2D eigenvalue weighted by atomic mass is 10.0. The first kappa shape index (κ1) is 51.8. The molecule has 0 radical (unpaired) electrons. The van der Waals surface area contributed by atoms with E-state index in [4.69, 9.17) is 9.47 Å². The number of allylic oxidation sites excluding steroid dienone is 8. The molecular formula is C48H92N2O3. The molecule has 0 heterocycles. The van der Waals surface area contributed by atoms with Crippen molar-refractivity contribution in [1.29, 1.82) is 0 Å². The van der Waals surface area contributed by atoms with Crippen LogP contribution in [-0.4, -0.2) is 74.4 Å². The van der Waals surface area contributed by atoms with Crippen molar-refractivity contribution in [3.8, 4) is 0 Å². The minimum Gasteiger partial charge on any atom is -0.346 e. The third kappa shape index (κ3) is 41.8. The Morgan fingerprint density at radius 2 is 0.868 bits per heavy atom. The van der Waals surface area contributed by atoms with E-state index in [0.717, 1.165) is 51.9 Å². The van der Waals surface area contributed by atoms with Crippen molar-refractivity contribution in [3.63, 3.8) is 0 Å². The lowest BCUT2D eigenvalue weighted by molar-refractivity contribution is -0.284. The number of nitrogens with zero attached hydrogens (tertiary/aromatic N) is 2. The SMILES string of the molecule is CCCCC/C=C\C/C=C\CCCCCCCCC(CCCCCCCC/C=C\C/C=C\CCCCC)OC(O)OCCN(CCCC)CCN(C)C. The second kappa shape index (κ2) is 43.5. The molecule has 0 saturated carbocycles. The number of hydrogen-bond donors (Lipinski definition) is 1. The molecule has 0 rings (SSSR count). The first-order valence-electron chi connectivity index (χ1n) is 23.0. The maximum Gasteiger partial charge on any atom is 0.269 e. The molecule has 0 aromatic heterocycles.